The molecule has 0 atom stereocenters. The molecule has 0 spiro atoms. The van der Waals surface area contributed by atoms with Gasteiger partial charge >= 0.3 is 5.97 Å². The van der Waals surface area contributed by atoms with Crippen molar-refractivity contribution in [3.63, 3.8) is 0 Å². The zero-order valence-corrected chi connectivity index (χ0v) is 13.3. The van der Waals surface area contributed by atoms with Crippen LogP contribution in [-0.2, 0) is 11.3 Å². The largest absolute Gasteiger partial charge is 0.481 e. The number of thioether (sulfide) groups is 1. The minimum absolute atomic E-state index is 0.00523. The van der Waals surface area contributed by atoms with Gasteiger partial charge in [-0.05, 0) is 25.8 Å². The van der Waals surface area contributed by atoms with Gasteiger partial charge in [0.2, 0.25) is 0 Å². The fourth-order valence-corrected chi connectivity index (χ4v) is 2.90. The van der Waals surface area contributed by atoms with Crippen molar-refractivity contribution >= 4 is 17.7 Å². The lowest BCUT2D eigenvalue weighted by molar-refractivity contribution is -0.133. The van der Waals surface area contributed by atoms with E-state index in [1.807, 2.05) is 10.6 Å². The Morgan fingerprint density at radius 1 is 1.33 bits per heavy atom. The van der Waals surface area contributed by atoms with E-state index in [0.29, 0.717) is 5.16 Å². The second-order valence-electron chi connectivity index (χ2n) is 4.96. The van der Waals surface area contributed by atoms with Gasteiger partial charge in [0.15, 0.2) is 11.0 Å². The smallest absolute Gasteiger partial charge is 0.313 e. The molecule has 0 aliphatic rings. The number of aromatic nitrogens is 3. The summed E-state index contributed by atoms with van der Waals surface area (Å²) >= 11 is 1.21. The SMILES string of the molecule is CCCn1c(SCC(=O)O)nnc1-c1ccc(C)cc1C. The molecule has 6 heteroatoms. The van der Waals surface area contributed by atoms with E-state index in [4.69, 9.17) is 5.11 Å². The van der Waals surface area contributed by atoms with E-state index < -0.39 is 5.97 Å². The van der Waals surface area contributed by atoms with Crippen LogP contribution in [0.15, 0.2) is 23.4 Å². The van der Waals surface area contributed by atoms with Crippen LogP contribution in [0.1, 0.15) is 24.5 Å². The van der Waals surface area contributed by atoms with Gasteiger partial charge in [0.05, 0.1) is 5.75 Å². The minimum atomic E-state index is -0.848. The predicted molar refractivity (Wildman–Crippen MR) is 83.6 cm³/mol. The van der Waals surface area contributed by atoms with Crippen LogP contribution in [0.3, 0.4) is 0 Å². The van der Waals surface area contributed by atoms with Crippen molar-refractivity contribution < 1.29 is 9.90 Å². The molecule has 21 heavy (non-hydrogen) atoms. The van der Waals surface area contributed by atoms with Gasteiger partial charge in [0.1, 0.15) is 0 Å². The van der Waals surface area contributed by atoms with Gasteiger partial charge < -0.3 is 9.67 Å². The summed E-state index contributed by atoms with van der Waals surface area (Å²) in [6, 6.07) is 6.22. The van der Waals surface area contributed by atoms with Crippen LogP contribution in [0.4, 0.5) is 0 Å². The summed E-state index contributed by atoms with van der Waals surface area (Å²) in [5.41, 5.74) is 3.40. The third kappa shape index (κ3) is 3.64. The Morgan fingerprint density at radius 2 is 2.10 bits per heavy atom. The van der Waals surface area contributed by atoms with Crippen molar-refractivity contribution in [1.29, 1.82) is 0 Å². The monoisotopic (exact) mass is 305 g/mol. The van der Waals surface area contributed by atoms with Crippen LogP contribution < -0.4 is 0 Å². The third-order valence-corrected chi connectivity index (χ3v) is 4.06. The highest BCUT2D eigenvalue weighted by Crippen LogP contribution is 2.27. The van der Waals surface area contributed by atoms with E-state index in [-0.39, 0.29) is 5.75 Å². The van der Waals surface area contributed by atoms with Crippen LogP contribution in [-0.4, -0.2) is 31.6 Å². The number of hydrogen-bond donors (Lipinski definition) is 1. The lowest BCUT2D eigenvalue weighted by atomic mass is 10.1. The van der Waals surface area contributed by atoms with Gasteiger partial charge in [-0.2, -0.15) is 0 Å². The molecule has 1 heterocycles. The molecule has 2 rings (SSSR count). The average Bonchev–Trinajstić information content (AvgIpc) is 2.80. The second-order valence-corrected chi connectivity index (χ2v) is 5.90. The fraction of sp³-hybridized carbons (Fsp3) is 0.400. The number of carboxylic acids is 1. The molecule has 0 saturated carbocycles. The second kappa shape index (κ2) is 6.76. The van der Waals surface area contributed by atoms with Gasteiger partial charge in [0, 0.05) is 12.1 Å². The molecule has 5 nitrogen and oxygen atoms in total. The maximum atomic E-state index is 10.7. The topological polar surface area (TPSA) is 68.0 Å². The van der Waals surface area contributed by atoms with E-state index in [9.17, 15) is 4.79 Å². The Morgan fingerprint density at radius 3 is 2.71 bits per heavy atom. The molecule has 1 aromatic heterocycles. The molecule has 0 amide bonds. The summed E-state index contributed by atoms with van der Waals surface area (Å²) in [7, 11) is 0. The average molecular weight is 305 g/mol. The van der Waals surface area contributed by atoms with Crippen molar-refractivity contribution in [3.05, 3.63) is 29.3 Å². The number of hydrogen-bond acceptors (Lipinski definition) is 4. The number of carboxylic acid groups (broad SMARTS) is 1. The van der Waals surface area contributed by atoms with Crippen molar-refractivity contribution in [1.82, 2.24) is 14.8 Å². The predicted octanol–water partition coefficient (Wildman–Crippen LogP) is 3.15. The van der Waals surface area contributed by atoms with E-state index >= 15 is 0 Å². The quantitative estimate of drug-likeness (QED) is 0.830. The molecule has 1 aromatic carbocycles. The van der Waals surface area contributed by atoms with Crippen LogP contribution in [0.5, 0.6) is 0 Å². The highest BCUT2D eigenvalue weighted by molar-refractivity contribution is 7.99. The molecule has 0 fully saturated rings. The Balaban J connectivity index is 2.41. The first kappa shape index (κ1) is 15.6. The summed E-state index contributed by atoms with van der Waals surface area (Å²) in [5.74, 6) is -0.0456. The summed E-state index contributed by atoms with van der Waals surface area (Å²) in [4.78, 5) is 10.7. The molecule has 1 N–H and O–H groups in total. The molecular formula is C15H19N3O2S. The Bertz CT molecular complexity index is 652. The highest BCUT2D eigenvalue weighted by Gasteiger charge is 2.16. The Hall–Kier alpha value is -1.82. The Labute approximate surface area is 128 Å². The lowest BCUT2D eigenvalue weighted by Gasteiger charge is -2.10. The van der Waals surface area contributed by atoms with Gasteiger partial charge in [-0.1, -0.05) is 42.4 Å². The van der Waals surface area contributed by atoms with Crippen molar-refractivity contribution in [2.45, 2.75) is 38.9 Å². The third-order valence-electron chi connectivity index (χ3n) is 3.11. The van der Waals surface area contributed by atoms with Crippen LogP contribution in [0, 0.1) is 13.8 Å². The van der Waals surface area contributed by atoms with E-state index in [0.717, 1.165) is 29.9 Å². The molecule has 0 saturated heterocycles. The molecule has 112 valence electrons. The standard InChI is InChI=1S/C15H19N3O2S/c1-4-7-18-14(12-6-5-10(2)8-11(12)3)16-17-15(18)21-9-13(19)20/h5-6,8H,4,7,9H2,1-3H3,(H,19,20). The first-order valence-corrected chi connectivity index (χ1v) is 7.87. The van der Waals surface area contributed by atoms with Gasteiger partial charge in [0.25, 0.3) is 0 Å². The summed E-state index contributed by atoms with van der Waals surface area (Å²) in [5, 5.41) is 17.9. The lowest BCUT2D eigenvalue weighted by Crippen LogP contribution is -2.05. The van der Waals surface area contributed by atoms with Crippen LogP contribution in [0.25, 0.3) is 11.4 Å². The van der Waals surface area contributed by atoms with Crippen LogP contribution >= 0.6 is 11.8 Å². The number of benzene rings is 1. The molecular weight excluding hydrogens is 286 g/mol. The number of aliphatic carboxylic acids is 1. The summed E-state index contributed by atoms with van der Waals surface area (Å²) < 4.78 is 2.01. The van der Waals surface area contributed by atoms with E-state index in [1.165, 1.54) is 17.3 Å². The fourth-order valence-electron chi connectivity index (χ4n) is 2.21. The van der Waals surface area contributed by atoms with Gasteiger partial charge in [-0.25, -0.2) is 0 Å². The minimum Gasteiger partial charge on any atom is -0.481 e. The summed E-state index contributed by atoms with van der Waals surface area (Å²) in [6.45, 7) is 6.97. The number of carbonyl (C=O) groups is 1. The number of rotatable bonds is 6. The maximum Gasteiger partial charge on any atom is 0.313 e. The first-order valence-electron chi connectivity index (χ1n) is 6.88. The molecule has 2 aromatic rings. The molecule has 0 bridgehead atoms. The Kier molecular flexibility index (Phi) is 5.01. The molecule has 0 radical (unpaired) electrons. The zero-order valence-electron chi connectivity index (χ0n) is 12.5. The molecule has 0 unspecified atom stereocenters. The molecule has 0 aliphatic carbocycles. The maximum absolute atomic E-state index is 10.7. The number of nitrogens with zero attached hydrogens (tertiary/aromatic N) is 3. The summed E-state index contributed by atoms with van der Waals surface area (Å²) in [6.07, 6.45) is 0.941. The van der Waals surface area contributed by atoms with Gasteiger partial charge in [-0.3, -0.25) is 4.79 Å². The van der Waals surface area contributed by atoms with Gasteiger partial charge in [-0.15, -0.1) is 10.2 Å². The normalized spacial score (nSPS) is 10.8. The zero-order chi connectivity index (χ0) is 15.4. The highest BCUT2D eigenvalue weighted by atomic mass is 32.2. The van der Waals surface area contributed by atoms with E-state index in [2.05, 4.69) is 43.1 Å². The van der Waals surface area contributed by atoms with Crippen molar-refractivity contribution in [3.8, 4) is 11.4 Å². The number of aryl methyl sites for hydroxylation is 2. The molecule has 0 aliphatic heterocycles. The van der Waals surface area contributed by atoms with Crippen LogP contribution in [0.2, 0.25) is 0 Å². The van der Waals surface area contributed by atoms with Crippen molar-refractivity contribution in [2.24, 2.45) is 0 Å². The van der Waals surface area contributed by atoms with Crippen molar-refractivity contribution in [2.75, 3.05) is 5.75 Å². The van der Waals surface area contributed by atoms with E-state index in [1.54, 1.807) is 0 Å². The first-order chi connectivity index (χ1) is 10.0.